The highest BCUT2D eigenvalue weighted by atomic mass is 79.9. The van der Waals surface area contributed by atoms with Gasteiger partial charge in [0.1, 0.15) is 0 Å². The molecule has 0 saturated carbocycles. The van der Waals surface area contributed by atoms with E-state index in [2.05, 4.69) is 31.4 Å². The number of halogens is 3. The van der Waals surface area contributed by atoms with Gasteiger partial charge in [0.25, 0.3) is 0 Å². The summed E-state index contributed by atoms with van der Waals surface area (Å²) in [4.78, 5) is 12.3. The minimum Gasteiger partial charge on any atom is -0.309 e. The van der Waals surface area contributed by atoms with Crippen molar-refractivity contribution in [3.05, 3.63) is 61.4 Å². The zero-order valence-corrected chi connectivity index (χ0v) is 18.9. The van der Waals surface area contributed by atoms with E-state index in [1.165, 1.54) is 0 Å². The molecule has 0 bridgehead atoms. The molecule has 0 aliphatic carbocycles. The molecule has 28 heavy (non-hydrogen) atoms. The first-order valence-electron chi connectivity index (χ1n) is 8.72. The molecule has 3 aromatic rings. The van der Waals surface area contributed by atoms with Crippen LogP contribution < -0.4 is 5.32 Å². The number of carbonyl (C=O) groups is 1. The van der Waals surface area contributed by atoms with Crippen LogP contribution in [-0.2, 0) is 17.9 Å². The molecular weight excluding hydrogens is 465 g/mol. The van der Waals surface area contributed by atoms with Crippen molar-refractivity contribution in [2.45, 2.75) is 40.3 Å². The second kappa shape index (κ2) is 8.68. The van der Waals surface area contributed by atoms with E-state index in [0.29, 0.717) is 35.4 Å². The van der Waals surface area contributed by atoms with E-state index >= 15 is 0 Å². The Balaban J connectivity index is 1.61. The van der Waals surface area contributed by atoms with Crippen LogP contribution in [0.3, 0.4) is 0 Å². The minimum absolute atomic E-state index is 0.108. The molecule has 0 fully saturated rings. The highest BCUT2D eigenvalue weighted by molar-refractivity contribution is 9.10. The van der Waals surface area contributed by atoms with E-state index in [1.807, 2.05) is 48.3 Å². The number of hydrogen-bond acceptors (Lipinski definition) is 3. The standard InChI is InChI=1S/C19H20BrCl2N5O/c1-11-8-17(25-27(11)10-14-4-5-15(21)16(22)9-14)23-18(28)6-7-26-13(3)19(20)12(2)24-26/h4-5,8-9H,6-7,10H2,1-3H3,(H,23,25,28). The topological polar surface area (TPSA) is 64.7 Å². The van der Waals surface area contributed by atoms with Crippen molar-refractivity contribution < 1.29 is 4.79 Å². The summed E-state index contributed by atoms with van der Waals surface area (Å²) in [7, 11) is 0. The number of nitrogens with one attached hydrogen (secondary N) is 1. The summed E-state index contributed by atoms with van der Waals surface area (Å²) >= 11 is 15.5. The lowest BCUT2D eigenvalue weighted by Gasteiger charge is -2.06. The molecule has 0 aliphatic rings. The zero-order chi connectivity index (χ0) is 20.4. The van der Waals surface area contributed by atoms with Crippen LogP contribution in [-0.4, -0.2) is 25.5 Å². The predicted octanol–water partition coefficient (Wildman–Crippen LogP) is 5.15. The Kier molecular flexibility index (Phi) is 6.47. The molecule has 0 aliphatic heterocycles. The molecule has 1 N–H and O–H groups in total. The van der Waals surface area contributed by atoms with Crippen LogP contribution in [0.25, 0.3) is 0 Å². The van der Waals surface area contributed by atoms with Gasteiger partial charge in [0, 0.05) is 23.9 Å². The Morgan fingerprint density at radius 2 is 1.86 bits per heavy atom. The number of carbonyl (C=O) groups excluding carboxylic acids is 1. The van der Waals surface area contributed by atoms with E-state index in [1.54, 1.807) is 6.07 Å². The Hall–Kier alpha value is -1.83. The molecule has 1 amide bonds. The number of aromatic nitrogens is 4. The van der Waals surface area contributed by atoms with Crippen LogP contribution >= 0.6 is 39.1 Å². The van der Waals surface area contributed by atoms with Gasteiger partial charge in [0.2, 0.25) is 5.91 Å². The van der Waals surface area contributed by atoms with Crippen molar-refractivity contribution in [1.29, 1.82) is 0 Å². The van der Waals surface area contributed by atoms with Crippen molar-refractivity contribution in [3.63, 3.8) is 0 Å². The first-order valence-corrected chi connectivity index (χ1v) is 10.3. The van der Waals surface area contributed by atoms with Gasteiger partial charge in [-0.2, -0.15) is 10.2 Å². The van der Waals surface area contributed by atoms with Gasteiger partial charge in [-0.05, 0) is 54.4 Å². The lowest BCUT2D eigenvalue weighted by molar-refractivity contribution is -0.116. The van der Waals surface area contributed by atoms with Crippen molar-refractivity contribution >= 4 is 50.9 Å². The first kappa shape index (κ1) is 20.9. The predicted molar refractivity (Wildman–Crippen MR) is 115 cm³/mol. The molecule has 9 heteroatoms. The molecule has 1 aromatic carbocycles. The third-order valence-corrected chi connectivity index (χ3v) is 6.30. The highest BCUT2D eigenvalue weighted by Crippen LogP contribution is 2.23. The maximum atomic E-state index is 12.3. The van der Waals surface area contributed by atoms with Crippen molar-refractivity contribution in [1.82, 2.24) is 19.6 Å². The van der Waals surface area contributed by atoms with Crippen LogP contribution in [0.15, 0.2) is 28.7 Å². The van der Waals surface area contributed by atoms with Gasteiger partial charge in [-0.3, -0.25) is 14.2 Å². The third kappa shape index (κ3) is 4.77. The number of nitrogens with zero attached hydrogens (tertiary/aromatic N) is 4. The Morgan fingerprint density at radius 3 is 2.50 bits per heavy atom. The fourth-order valence-electron chi connectivity index (χ4n) is 2.85. The summed E-state index contributed by atoms with van der Waals surface area (Å²) in [5.74, 6) is 0.417. The SMILES string of the molecule is Cc1nn(CCC(=O)Nc2cc(C)n(Cc3ccc(Cl)c(Cl)c3)n2)c(C)c1Br. The number of rotatable bonds is 6. The van der Waals surface area contributed by atoms with E-state index in [9.17, 15) is 4.79 Å². The molecule has 0 saturated heterocycles. The molecule has 148 valence electrons. The molecule has 3 rings (SSSR count). The van der Waals surface area contributed by atoms with Crippen LogP contribution in [0.5, 0.6) is 0 Å². The summed E-state index contributed by atoms with van der Waals surface area (Å²) in [5, 5.41) is 12.8. The fraction of sp³-hybridized carbons (Fsp3) is 0.316. The molecule has 2 heterocycles. The molecule has 6 nitrogen and oxygen atoms in total. The average molecular weight is 485 g/mol. The van der Waals surface area contributed by atoms with E-state index in [-0.39, 0.29) is 5.91 Å². The number of amides is 1. The summed E-state index contributed by atoms with van der Waals surface area (Å²) in [5.41, 5.74) is 3.83. The number of hydrogen-bond donors (Lipinski definition) is 1. The summed E-state index contributed by atoms with van der Waals surface area (Å²) in [6.07, 6.45) is 0.313. The van der Waals surface area contributed by atoms with E-state index < -0.39 is 0 Å². The maximum absolute atomic E-state index is 12.3. The van der Waals surface area contributed by atoms with Gasteiger partial charge in [0.15, 0.2) is 5.82 Å². The van der Waals surface area contributed by atoms with Gasteiger partial charge in [-0.15, -0.1) is 0 Å². The Bertz CT molecular complexity index is 1030. The fourth-order valence-corrected chi connectivity index (χ4v) is 3.45. The second-order valence-corrected chi connectivity index (χ2v) is 8.19. The molecule has 0 unspecified atom stereocenters. The number of aryl methyl sites for hydroxylation is 3. The minimum atomic E-state index is -0.108. The lowest BCUT2D eigenvalue weighted by atomic mass is 10.2. The van der Waals surface area contributed by atoms with Gasteiger partial charge in [-0.25, -0.2) is 0 Å². The Labute approximate surface area is 182 Å². The molecule has 0 radical (unpaired) electrons. The lowest BCUT2D eigenvalue weighted by Crippen LogP contribution is -2.16. The molecule has 0 spiro atoms. The largest absolute Gasteiger partial charge is 0.309 e. The smallest absolute Gasteiger partial charge is 0.227 e. The van der Waals surface area contributed by atoms with Crippen LogP contribution in [0, 0.1) is 20.8 Å². The quantitative estimate of drug-likeness (QED) is 0.526. The van der Waals surface area contributed by atoms with Crippen LogP contribution in [0.1, 0.15) is 29.1 Å². The Morgan fingerprint density at radius 1 is 1.11 bits per heavy atom. The normalized spacial score (nSPS) is 11.1. The van der Waals surface area contributed by atoms with Gasteiger partial charge < -0.3 is 5.32 Å². The van der Waals surface area contributed by atoms with Crippen LogP contribution in [0.2, 0.25) is 10.0 Å². The molecule has 2 aromatic heterocycles. The summed E-state index contributed by atoms with van der Waals surface area (Å²) in [6.45, 7) is 6.88. The highest BCUT2D eigenvalue weighted by Gasteiger charge is 2.12. The summed E-state index contributed by atoms with van der Waals surface area (Å²) in [6, 6.07) is 7.32. The second-order valence-electron chi connectivity index (χ2n) is 6.58. The molecule has 0 atom stereocenters. The average Bonchev–Trinajstić information content (AvgIpc) is 3.10. The number of benzene rings is 1. The third-order valence-electron chi connectivity index (χ3n) is 4.41. The monoisotopic (exact) mass is 483 g/mol. The number of anilines is 1. The zero-order valence-electron chi connectivity index (χ0n) is 15.8. The van der Waals surface area contributed by atoms with Crippen LogP contribution in [0.4, 0.5) is 5.82 Å². The van der Waals surface area contributed by atoms with Crippen molar-refractivity contribution in [3.8, 4) is 0 Å². The van der Waals surface area contributed by atoms with E-state index in [0.717, 1.165) is 27.1 Å². The van der Waals surface area contributed by atoms with Crippen molar-refractivity contribution in [2.24, 2.45) is 0 Å². The van der Waals surface area contributed by atoms with Gasteiger partial charge in [-0.1, -0.05) is 29.3 Å². The van der Waals surface area contributed by atoms with E-state index in [4.69, 9.17) is 23.2 Å². The van der Waals surface area contributed by atoms with Gasteiger partial charge >= 0.3 is 0 Å². The first-order chi connectivity index (χ1) is 13.2. The summed E-state index contributed by atoms with van der Waals surface area (Å²) < 4.78 is 4.62. The maximum Gasteiger partial charge on any atom is 0.227 e. The van der Waals surface area contributed by atoms with Gasteiger partial charge in [0.05, 0.1) is 33.3 Å². The van der Waals surface area contributed by atoms with Crippen molar-refractivity contribution in [2.75, 3.05) is 5.32 Å². The molecular formula is C19H20BrCl2N5O.